The van der Waals surface area contributed by atoms with Crippen molar-refractivity contribution in [2.24, 2.45) is 4.99 Å². The van der Waals surface area contributed by atoms with Gasteiger partial charge in [-0.3, -0.25) is 19.1 Å². The van der Waals surface area contributed by atoms with Crippen LogP contribution < -0.4 is 16.6 Å². The molecule has 0 radical (unpaired) electrons. The summed E-state index contributed by atoms with van der Waals surface area (Å²) < 4.78 is 1.59. The summed E-state index contributed by atoms with van der Waals surface area (Å²) in [6.07, 6.45) is 6.72. The maximum Gasteiger partial charge on any atom is 0.274 e. The molecule has 5 rings (SSSR count). The zero-order chi connectivity index (χ0) is 30.3. The highest BCUT2D eigenvalue weighted by Gasteiger charge is 2.22. The first-order chi connectivity index (χ1) is 20.9. The van der Waals surface area contributed by atoms with E-state index in [0.717, 1.165) is 0 Å². The zero-order valence-corrected chi connectivity index (χ0v) is 24.3. The lowest BCUT2D eigenvalue weighted by molar-refractivity contribution is 0.0934. The number of nitrogens with one attached hydrogen (secondary N) is 1. The first-order valence-corrected chi connectivity index (χ1v) is 14.2. The number of benzene rings is 2. The Morgan fingerprint density at radius 3 is 2.70 bits per heavy atom. The number of hydrogen-bond donors (Lipinski definition) is 2. The lowest BCUT2D eigenvalue weighted by Gasteiger charge is -2.21. The summed E-state index contributed by atoms with van der Waals surface area (Å²) in [4.78, 5) is 44.3. The van der Waals surface area contributed by atoms with E-state index in [4.69, 9.17) is 5.73 Å². The van der Waals surface area contributed by atoms with Crippen LogP contribution in [0.4, 0.5) is 5.82 Å². The monoisotopic (exact) mass is 585 g/mol. The number of thiazole rings is 1. The minimum Gasteiger partial charge on any atom is -0.382 e. The van der Waals surface area contributed by atoms with Crippen LogP contribution in [-0.2, 0) is 0 Å². The van der Waals surface area contributed by atoms with Gasteiger partial charge < -0.3 is 11.1 Å². The lowest BCUT2D eigenvalue weighted by Crippen LogP contribution is -2.33. The molecule has 0 aliphatic heterocycles. The Labute approximate surface area is 252 Å². The molecule has 5 aromatic rings. The van der Waals surface area contributed by atoms with Gasteiger partial charge in [-0.25, -0.2) is 15.0 Å². The number of anilines is 1. The van der Waals surface area contributed by atoms with Gasteiger partial charge in [0.15, 0.2) is 11.5 Å². The average Bonchev–Trinajstić information content (AvgIpc) is 3.56. The van der Waals surface area contributed by atoms with Gasteiger partial charge in [-0.2, -0.15) is 0 Å². The number of pyridine rings is 1. The number of nitrogens with two attached hydrogens (primary N) is 1. The average molecular weight is 586 g/mol. The van der Waals surface area contributed by atoms with Crippen LogP contribution in [0, 0.1) is 11.8 Å². The molecule has 0 spiro atoms. The first-order valence-electron chi connectivity index (χ1n) is 13.3. The van der Waals surface area contributed by atoms with Crippen LogP contribution in [0.1, 0.15) is 41.6 Å². The molecule has 1 atom stereocenters. The molecule has 212 valence electrons. The lowest BCUT2D eigenvalue weighted by atomic mass is 10.0. The molecule has 3 heterocycles. The molecule has 1 amide bonds. The van der Waals surface area contributed by atoms with Gasteiger partial charge in [0.2, 0.25) is 0 Å². The topological polar surface area (TPSA) is 128 Å². The van der Waals surface area contributed by atoms with Crippen molar-refractivity contribution in [3.63, 3.8) is 0 Å². The highest BCUT2D eigenvalue weighted by atomic mass is 32.1. The van der Waals surface area contributed by atoms with Crippen LogP contribution >= 0.6 is 11.3 Å². The molecule has 0 aliphatic carbocycles. The van der Waals surface area contributed by atoms with Crippen molar-refractivity contribution < 1.29 is 4.79 Å². The molecular weight excluding hydrogens is 558 g/mol. The van der Waals surface area contributed by atoms with Crippen molar-refractivity contribution >= 4 is 40.6 Å². The molecule has 0 fully saturated rings. The molecule has 3 N–H and O–H groups in total. The second-order valence-electron chi connectivity index (χ2n) is 9.39. The van der Waals surface area contributed by atoms with Gasteiger partial charge in [-0.1, -0.05) is 48.2 Å². The van der Waals surface area contributed by atoms with Crippen molar-refractivity contribution in [1.29, 1.82) is 0 Å². The molecule has 0 unspecified atom stereocenters. The highest BCUT2D eigenvalue weighted by molar-refractivity contribution is 7.07. The molecule has 0 saturated carbocycles. The Morgan fingerprint density at radius 1 is 1.16 bits per heavy atom. The molecule has 10 heteroatoms. The van der Waals surface area contributed by atoms with Crippen molar-refractivity contribution in [2.45, 2.75) is 19.9 Å². The van der Waals surface area contributed by atoms with E-state index in [1.165, 1.54) is 17.5 Å². The number of carbonyl (C=O) groups excluding carboxylic acids is 1. The smallest absolute Gasteiger partial charge is 0.274 e. The van der Waals surface area contributed by atoms with Gasteiger partial charge in [-0.05, 0) is 56.3 Å². The Bertz CT molecular complexity index is 2000. The van der Waals surface area contributed by atoms with Crippen molar-refractivity contribution in [3.8, 4) is 28.9 Å². The van der Waals surface area contributed by atoms with E-state index in [2.05, 4.69) is 43.8 Å². The third kappa shape index (κ3) is 6.17. The normalized spacial score (nSPS) is 12.1. The van der Waals surface area contributed by atoms with E-state index >= 15 is 0 Å². The van der Waals surface area contributed by atoms with Crippen LogP contribution in [0.3, 0.4) is 0 Å². The zero-order valence-electron chi connectivity index (χ0n) is 23.5. The number of allylic oxidation sites excluding steroid dienone is 3. The number of rotatable bonds is 7. The number of amides is 1. The van der Waals surface area contributed by atoms with Gasteiger partial charge >= 0.3 is 0 Å². The predicted octanol–water partition coefficient (Wildman–Crippen LogP) is 5.49. The minimum absolute atomic E-state index is 0.0103. The van der Waals surface area contributed by atoms with Crippen LogP contribution in [0.25, 0.3) is 27.8 Å². The van der Waals surface area contributed by atoms with Gasteiger partial charge in [0.1, 0.15) is 11.4 Å². The maximum atomic E-state index is 14.2. The number of hydrogen-bond acceptors (Lipinski definition) is 8. The minimum atomic E-state index is -0.619. The maximum absolute atomic E-state index is 14.2. The molecule has 0 bridgehead atoms. The Hall–Kier alpha value is -5.66. The number of para-hydroxylation sites is 1. The van der Waals surface area contributed by atoms with Gasteiger partial charge in [0.05, 0.1) is 23.1 Å². The number of aliphatic imine (C=N–C) groups is 1. The highest BCUT2D eigenvalue weighted by Crippen LogP contribution is 2.24. The van der Waals surface area contributed by atoms with E-state index in [1.54, 1.807) is 23.2 Å². The summed E-state index contributed by atoms with van der Waals surface area (Å²) in [7, 11) is 0. The summed E-state index contributed by atoms with van der Waals surface area (Å²) in [5.74, 6) is 5.67. The molecule has 9 nitrogen and oxygen atoms in total. The number of fused-ring (bicyclic) bond motifs is 1. The van der Waals surface area contributed by atoms with E-state index in [-0.39, 0.29) is 17.1 Å². The SMILES string of the molecule is C=N/C=C(C#Cc1cccc2cc([C@H](C)NC(=O)c3nc(-c4cscn4)cnc3N)n(-c3ccccc3)c(=O)c12)\C=C/C. The predicted molar refractivity (Wildman–Crippen MR) is 172 cm³/mol. The first kappa shape index (κ1) is 28.9. The second kappa shape index (κ2) is 12.9. The van der Waals surface area contributed by atoms with Gasteiger partial charge in [0, 0.05) is 34.1 Å². The molecule has 43 heavy (non-hydrogen) atoms. The standard InChI is InChI=1S/C33H27N7O2S/c1-4-9-22(17-35-3)14-15-23-10-8-11-24-16-28(40(33(42)29(23)24)25-12-6-5-7-13-25)21(2)38-32(41)30-31(34)36-18-26(39-30)27-19-43-20-37-27/h4-13,16-21H,3H2,1-2H3,(H2,34,36)(H,38,41)/b9-4-,22-17+/t21-/m0/s1. The quantitative estimate of drug-likeness (QED) is 0.148. The van der Waals surface area contributed by atoms with E-state index in [1.807, 2.05) is 79.1 Å². The summed E-state index contributed by atoms with van der Waals surface area (Å²) >= 11 is 1.41. The van der Waals surface area contributed by atoms with Crippen molar-refractivity contribution in [1.82, 2.24) is 24.8 Å². The van der Waals surface area contributed by atoms with Crippen LogP contribution in [0.2, 0.25) is 0 Å². The molecule has 3 aromatic heterocycles. The number of aromatic nitrogens is 4. The number of nitrogen functional groups attached to an aromatic ring is 1. The summed E-state index contributed by atoms with van der Waals surface area (Å²) in [5.41, 5.74) is 10.9. The number of carbonyl (C=O) groups is 1. The van der Waals surface area contributed by atoms with Crippen LogP contribution in [0.15, 0.2) is 105 Å². The Balaban J connectivity index is 1.61. The van der Waals surface area contributed by atoms with Gasteiger partial charge in [0.25, 0.3) is 11.5 Å². The third-order valence-corrected chi connectivity index (χ3v) is 7.10. The Kier molecular flexibility index (Phi) is 8.65. The van der Waals surface area contributed by atoms with Crippen molar-refractivity contribution in [2.75, 3.05) is 5.73 Å². The Morgan fingerprint density at radius 2 is 1.98 bits per heavy atom. The van der Waals surface area contributed by atoms with Crippen LogP contribution in [-0.4, -0.2) is 32.1 Å². The fourth-order valence-corrected chi connectivity index (χ4v) is 5.10. The third-order valence-electron chi connectivity index (χ3n) is 6.51. The van der Waals surface area contributed by atoms with E-state index in [9.17, 15) is 9.59 Å². The summed E-state index contributed by atoms with van der Waals surface area (Å²) in [6, 6.07) is 16.0. The summed E-state index contributed by atoms with van der Waals surface area (Å²) in [5, 5.41) is 5.90. The fourth-order valence-electron chi connectivity index (χ4n) is 4.55. The van der Waals surface area contributed by atoms with E-state index < -0.39 is 11.9 Å². The molecule has 0 saturated heterocycles. The fraction of sp³-hybridized carbons (Fsp3) is 0.0909. The van der Waals surface area contributed by atoms with E-state index in [0.29, 0.717) is 44.7 Å². The molecular formula is C33H27N7O2S. The van der Waals surface area contributed by atoms with Crippen LogP contribution in [0.5, 0.6) is 0 Å². The second-order valence-corrected chi connectivity index (χ2v) is 10.1. The van der Waals surface area contributed by atoms with Crippen molar-refractivity contribution in [3.05, 3.63) is 123 Å². The number of nitrogens with zero attached hydrogens (tertiary/aromatic N) is 5. The largest absolute Gasteiger partial charge is 0.382 e. The summed E-state index contributed by atoms with van der Waals surface area (Å²) in [6.45, 7) is 7.19. The molecule has 2 aromatic carbocycles. The van der Waals surface area contributed by atoms with Gasteiger partial charge in [-0.15, -0.1) is 11.3 Å². The molecule has 0 aliphatic rings.